The number of rotatable bonds is 6. The topological polar surface area (TPSA) is 96.0 Å². The number of alkyl halides is 1. The van der Waals surface area contributed by atoms with Gasteiger partial charge in [0.1, 0.15) is 18.0 Å². The van der Waals surface area contributed by atoms with Crippen LogP contribution < -0.4 is 16.0 Å². The van der Waals surface area contributed by atoms with Gasteiger partial charge < -0.3 is 16.0 Å². The van der Waals surface area contributed by atoms with Crippen LogP contribution in [0.3, 0.4) is 0 Å². The van der Waals surface area contributed by atoms with Gasteiger partial charge >= 0.3 is 0 Å². The monoisotopic (exact) mass is 437 g/mol. The molecule has 0 unspecified atom stereocenters. The van der Waals surface area contributed by atoms with Crippen LogP contribution in [0, 0.1) is 0 Å². The van der Waals surface area contributed by atoms with Crippen molar-refractivity contribution in [1.29, 1.82) is 0 Å². The van der Waals surface area contributed by atoms with E-state index in [9.17, 15) is 9.59 Å². The Bertz CT molecular complexity index is 1140. The van der Waals surface area contributed by atoms with Crippen LogP contribution >= 0.6 is 11.6 Å². The van der Waals surface area contributed by atoms with Crippen molar-refractivity contribution in [2.45, 2.75) is 26.2 Å². The average molecular weight is 438 g/mol. The molecule has 160 valence electrons. The molecule has 1 heterocycles. The van der Waals surface area contributed by atoms with Crippen LogP contribution in [-0.4, -0.2) is 27.7 Å². The maximum atomic E-state index is 11.9. The molecule has 8 heteroatoms. The maximum absolute atomic E-state index is 11.9. The molecule has 0 aliphatic rings. The van der Waals surface area contributed by atoms with Crippen LogP contribution in [0.15, 0.2) is 55.4 Å². The lowest BCUT2D eigenvalue weighted by atomic mass is 9.87. The van der Waals surface area contributed by atoms with Crippen LogP contribution in [0.2, 0.25) is 0 Å². The second kappa shape index (κ2) is 9.14. The molecule has 7 nitrogen and oxygen atoms in total. The predicted molar refractivity (Wildman–Crippen MR) is 126 cm³/mol. The van der Waals surface area contributed by atoms with Crippen LogP contribution in [0.25, 0.3) is 10.9 Å². The van der Waals surface area contributed by atoms with E-state index in [0.717, 1.165) is 11.8 Å². The summed E-state index contributed by atoms with van der Waals surface area (Å²) in [6.07, 6.45) is 2.58. The zero-order chi connectivity index (χ0) is 22.6. The molecule has 0 saturated carbocycles. The Hall–Kier alpha value is -3.45. The van der Waals surface area contributed by atoms with Gasteiger partial charge in [-0.2, -0.15) is 0 Å². The summed E-state index contributed by atoms with van der Waals surface area (Å²) in [6.45, 7) is 9.95. The van der Waals surface area contributed by atoms with E-state index >= 15 is 0 Å². The Kier molecular flexibility index (Phi) is 6.56. The van der Waals surface area contributed by atoms with E-state index < -0.39 is 11.8 Å². The smallest absolute Gasteiger partial charge is 0.247 e. The SMILES string of the molecule is C=CC(=O)Nc1cc2c(Nc3ccc(C(C)(C)C)cc3)ncnc2cc1NC(=O)CCl. The lowest BCUT2D eigenvalue weighted by molar-refractivity contribution is -0.114. The summed E-state index contributed by atoms with van der Waals surface area (Å²) in [5.74, 6) is -0.460. The summed E-state index contributed by atoms with van der Waals surface area (Å²) in [6, 6.07) is 11.5. The highest BCUT2D eigenvalue weighted by Gasteiger charge is 2.15. The van der Waals surface area contributed by atoms with E-state index in [4.69, 9.17) is 11.6 Å². The first-order valence-corrected chi connectivity index (χ1v) is 10.2. The molecule has 2 amide bonds. The molecule has 31 heavy (non-hydrogen) atoms. The number of carbonyl (C=O) groups is 2. The summed E-state index contributed by atoms with van der Waals surface area (Å²) >= 11 is 5.61. The minimum atomic E-state index is -0.412. The molecular formula is C23H24ClN5O2. The molecular weight excluding hydrogens is 414 g/mol. The largest absolute Gasteiger partial charge is 0.340 e. The van der Waals surface area contributed by atoms with Crippen molar-refractivity contribution in [2.75, 3.05) is 21.8 Å². The molecule has 1 aromatic heterocycles. The number of hydrogen-bond donors (Lipinski definition) is 3. The van der Waals surface area contributed by atoms with E-state index in [1.165, 1.54) is 11.9 Å². The van der Waals surface area contributed by atoms with Crippen molar-refractivity contribution in [3.63, 3.8) is 0 Å². The first-order chi connectivity index (χ1) is 14.7. The van der Waals surface area contributed by atoms with Gasteiger partial charge in [0.25, 0.3) is 0 Å². The zero-order valence-corrected chi connectivity index (χ0v) is 18.4. The molecule has 0 bridgehead atoms. The second-order valence-electron chi connectivity index (χ2n) is 7.96. The summed E-state index contributed by atoms with van der Waals surface area (Å²) < 4.78 is 0. The van der Waals surface area contributed by atoms with Crippen LogP contribution in [0.5, 0.6) is 0 Å². The number of aromatic nitrogens is 2. The van der Waals surface area contributed by atoms with E-state index in [0.29, 0.717) is 28.1 Å². The van der Waals surface area contributed by atoms with Gasteiger partial charge in [-0.15, -0.1) is 11.6 Å². The molecule has 0 aliphatic heterocycles. The summed E-state index contributed by atoms with van der Waals surface area (Å²) in [4.78, 5) is 32.4. The molecule has 3 N–H and O–H groups in total. The van der Waals surface area contributed by atoms with Crippen LogP contribution in [0.1, 0.15) is 26.3 Å². The molecule has 2 aromatic carbocycles. The van der Waals surface area contributed by atoms with Gasteiger partial charge in [-0.05, 0) is 41.3 Å². The summed E-state index contributed by atoms with van der Waals surface area (Å²) in [5, 5.41) is 9.34. The first kappa shape index (κ1) is 22.2. The maximum Gasteiger partial charge on any atom is 0.247 e. The highest BCUT2D eigenvalue weighted by molar-refractivity contribution is 6.29. The normalized spacial score (nSPS) is 11.1. The first-order valence-electron chi connectivity index (χ1n) is 9.67. The molecule has 0 spiro atoms. The predicted octanol–water partition coefficient (Wildman–Crippen LogP) is 4.97. The van der Waals surface area contributed by atoms with Gasteiger partial charge in [0, 0.05) is 11.1 Å². The van der Waals surface area contributed by atoms with Crippen molar-refractivity contribution < 1.29 is 9.59 Å². The Balaban J connectivity index is 2.02. The minimum absolute atomic E-state index is 0.0578. The fourth-order valence-corrected chi connectivity index (χ4v) is 3.03. The van der Waals surface area contributed by atoms with Crippen LogP contribution in [0.4, 0.5) is 22.9 Å². The molecule has 0 saturated heterocycles. The number of nitrogens with one attached hydrogen (secondary N) is 3. The van der Waals surface area contributed by atoms with Crippen molar-refractivity contribution in [1.82, 2.24) is 9.97 Å². The lowest BCUT2D eigenvalue weighted by Gasteiger charge is -2.19. The molecule has 3 rings (SSSR count). The Labute approximate surface area is 185 Å². The van der Waals surface area contributed by atoms with Crippen molar-refractivity contribution >= 4 is 57.2 Å². The molecule has 0 radical (unpaired) electrons. The van der Waals surface area contributed by atoms with Gasteiger partial charge in [-0.1, -0.05) is 39.5 Å². The third-order valence-corrected chi connectivity index (χ3v) is 4.87. The molecule has 0 aliphatic carbocycles. The van der Waals surface area contributed by atoms with Gasteiger partial charge in [-0.25, -0.2) is 9.97 Å². The highest BCUT2D eigenvalue weighted by atomic mass is 35.5. The van der Waals surface area contributed by atoms with E-state index in [-0.39, 0.29) is 11.3 Å². The number of amides is 2. The Morgan fingerprint density at radius 1 is 1.06 bits per heavy atom. The van der Waals surface area contributed by atoms with Gasteiger partial charge in [0.05, 0.1) is 16.9 Å². The van der Waals surface area contributed by atoms with E-state index in [1.54, 1.807) is 12.1 Å². The van der Waals surface area contributed by atoms with Gasteiger partial charge in [0.15, 0.2) is 0 Å². The molecule has 3 aromatic rings. The second-order valence-corrected chi connectivity index (χ2v) is 8.23. The molecule has 0 fully saturated rings. The van der Waals surface area contributed by atoms with Gasteiger partial charge in [-0.3, -0.25) is 9.59 Å². The third kappa shape index (κ3) is 5.38. The van der Waals surface area contributed by atoms with E-state index in [1.807, 2.05) is 12.1 Å². The average Bonchev–Trinajstić information content (AvgIpc) is 2.74. The number of nitrogens with zero attached hydrogens (tertiary/aromatic N) is 2. The summed E-state index contributed by atoms with van der Waals surface area (Å²) in [7, 11) is 0. The number of benzene rings is 2. The third-order valence-electron chi connectivity index (χ3n) is 4.63. The number of anilines is 4. The fraction of sp³-hybridized carbons (Fsp3) is 0.217. The highest BCUT2D eigenvalue weighted by Crippen LogP contribution is 2.32. The number of halogens is 1. The zero-order valence-electron chi connectivity index (χ0n) is 17.6. The number of fused-ring (bicyclic) bond motifs is 1. The Morgan fingerprint density at radius 3 is 2.35 bits per heavy atom. The fourth-order valence-electron chi connectivity index (χ4n) is 2.97. The van der Waals surface area contributed by atoms with E-state index in [2.05, 4.69) is 65.4 Å². The molecule has 0 atom stereocenters. The van der Waals surface area contributed by atoms with Crippen LogP contribution in [-0.2, 0) is 15.0 Å². The Morgan fingerprint density at radius 2 is 1.74 bits per heavy atom. The van der Waals surface area contributed by atoms with Gasteiger partial charge in [0.2, 0.25) is 11.8 Å². The minimum Gasteiger partial charge on any atom is -0.340 e. The quantitative estimate of drug-likeness (QED) is 0.373. The van der Waals surface area contributed by atoms with Crippen molar-refractivity contribution in [3.05, 3.63) is 60.9 Å². The van der Waals surface area contributed by atoms with Crippen molar-refractivity contribution in [3.8, 4) is 0 Å². The standard InChI is InChI=1S/C23H24ClN5O2/c1-5-20(30)28-18-10-16-17(11-19(18)29-21(31)12-24)25-13-26-22(16)27-15-8-6-14(7-9-15)23(2,3)4/h5-11,13H,1,12H2,2-4H3,(H,28,30)(H,29,31)(H,25,26,27). The van der Waals surface area contributed by atoms with Crippen molar-refractivity contribution in [2.24, 2.45) is 0 Å². The number of hydrogen-bond acceptors (Lipinski definition) is 5. The number of carbonyl (C=O) groups excluding carboxylic acids is 2. The summed E-state index contributed by atoms with van der Waals surface area (Å²) in [5.41, 5.74) is 3.50. The lowest BCUT2D eigenvalue weighted by Crippen LogP contribution is -2.16.